The summed E-state index contributed by atoms with van der Waals surface area (Å²) in [5.41, 5.74) is -0.401. The summed E-state index contributed by atoms with van der Waals surface area (Å²) >= 11 is 11.8. The summed E-state index contributed by atoms with van der Waals surface area (Å²) in [5.74, 6) is -0.284. The van der Waals surface area contributed by atoms with Crippen LogP contribution < -0.4 is 5.32 Å². The molecule has 1 aliphatic heterocycles. The zero-order valence-electron chi connectivity index (χ0n) is 9.96. The molecule has 1 fully saturated rings. The summed E-state index contributed by atoms with van der Waals surface area (Å²) in [7, 11) is 1.45. The molecular formula is C12H12Cl2N2O2. The minimum absolute atomic E-state index is 0.284. The van der Waals surface area contributed by atoms with Gasteiger partial charge in [-0.25, -0.2) is 4.79 Å². The molecule has 1 saturated heterocycles. The standard InChI is InChI=1S/C12H12Cl2N2O2/c1-3-12(10(17)16(2)11(18)15-12)7-4-5-8(13)9(14)6-7/h4-6H,3H2,1-2H3,(H,15,18). The highest BCUT2D eigenvalue weighted by molar-refractivity contribution is 6.42. The lowest BCUT2D eigenvalue weighted by Gasteiger charge is -2.25. The summed E-state index contributed by atoms with van der Waals surface area (Å²) in [6, 6.07) is 4.53. The molecule has 1 atom stereocenters. The Morgan fingerprint density at radius 1 is 1.28 bits per heavy atom. The summed E-state index contributed by atoms with van der Waals surface area (Å²) in [4.78, 5) is 24.9. The third-order valence-corrected chi connectivity index (χ3v) is 3.98. The molecule has 1 heterocycles. The number of hydrogen-bond acceptors (Lipinski definition) is 2. The molecule has 2 rings (SSSR count). The lowest BCUT2D eigenvalue weighted by Crippen LogP contribution is -2.43. The Kier molecular flexibility index (Phi) is 3.25. The van der Waals surface area contributed by atoms with Crippen LogP contribution in [0.5, 0.6) is 0 Å². The molecular weight excluding hydrogens is 275 g/mol. The van der Waals surface area contributed by atoms with Gasteiger partial charge in [0.15, 0.2) is 0 Å². The Morgan fingerprint density at radius 2 is 1.94 bits per heavy atom. The molecule has 18 heavy (non-hydrogen) atoms. The molecule has 1 aliphatic rings. The average Bonchev–Trinajstić information content (AvgIpc) is 2.58. The maximum absolute atomic E-state index is 12.2. The second-order valence-corrected chi connectivity index (χ2v) is 5.00. The quantitative estimate of drug-likeness (QED) is 0.850. The first-order chi connectivity index (χ1) is 8.42. The number of halogens is 2. The van der Waals surface area contributed by atoms with Crippen molar-refractivity contribution in [2.75, 3.05) is 7.05 Å². The van der Waals surface area contributed by atoms with Crippen LogP contribution in [0.25, 0.3) is 0 Å². The maximum atomic E-state index is 12.2. The van der Waals surface area contributed by atoms with E-state index >= 15 is 0 Å². The third-order valence-electron chi connectivity index (χ3n) is 3.24. The van der Waals surface area contributed by atoms with Crippen LogP contribution in [0.4, 0.5) is 4.79 Å². The number of hydrogen-bond donors (Lipinski definition) is 1. The second kappa shape index (κ2) is 4.44. The fourth-order valence-corrected chi connectivity index (χ4v) is 2.40. The van der Waals surface area contributed by atoms with Crippen LogP contribution in [-0.4, -0.2) is 23.9 Å². The van der Waals surface area contributed by atoms with E-state index in [1.807, 2.05) is 6.92 Å². The smallest absolute Gasteiger partial charge is 0.319 e. The van der Waals surface area contributed by atoms with Gasteiger partial charge in [0.25, 0.3) is 5.91 Å². The molecule has 4 nitrogen and oxygen atoms in total. The molecule has 0 saturated carbocycles. The Bertz CT molecular complexity index is 533. The summed E-state index contributed by atoms with van der Waals surface area (Å²) in [6.45, 7) is 1.83. The zero-order chi connectivity index (χ0) is 13.5. The third kappa shape index (κ3) is 1.76. The van der Waals surface area contributed by atoms with Crippen LogP contribution in [-0.2, 0) is 10.3 Å². The van der Waals surface area contributed by atoms with Crippen molar-refractivity contribution in [3.05, 3.63) is 33.8 Å². The van der Waals surface area contributed by atoms with E-state index in [2.05, 4.69) is 5.32 Å². The van der Waals surface area contributed by atoms with Crippen LogP contribution in [0.2, 0.25) is 10.0 Å². The van der Waals surface area contributed by atoms with Crippen molar-refractivity contribution >= 4 is 35.1 Å². The van der Waals surface area contributed by atoms with E-state index < -0.39 is 11.6 Å². The van der Waals surface area contributed by atoms with Crippen molar-refractivity contribution in [3.8, 4) is 0 Å². The van der Waals surface area contributed by atoms with Crippen molar-refractivity contribution in [1.29, 1.82) is 0 Å². The molecule has 1 N–H and O–H groups in total. The first-order valence-corrected chi connectivity index (χ1v) is 6.24. The van der Waals surface area contributed by atoms with Gasteiger partial charge in [0.1, 0.15) is 5.54 Å². The van der Waals surface area contributed by atoms with Crippen LogP contribution in [0.3, 0.4) is 0 Å². The van der Waals surface area contributed by atoms with E-state index in [1.165, 1.54) is 7.05 Å². The predicted molar refractivity (Wildman–Crippen MR) is 69.7 cm³/mol. The summed E-state index contributed by atoms with van der Waals surface area (Å²) in [6.07, 6.45) is 0.444. The molecule has 1 aromatic rings. The molecule has 1 aromatic carbocycles. The second-order valence-electron chi connectivity index (χ2n) is 4.18. The maximum Gasteiger partial charge on any atom is 0.325 e. The molecule has 0 radical (unpaired) electrons. The number of likely N-dealkylation sites (N-methyl/N-ethyl adjacent to an activating group) is 1. The van der Waals surface area contributed by atoms with Gasteiger partial charge in [-0.05, 0) is 24.1 Å². The van der Waals surface area contributed by atoms with Crippen LogP contribution in [0, 0.1) is 0 Å². The lowest BCUT2D eigenvalue weighted by molar-refractivity contribution is -0.130. The average molecular weight is 287 g/mol. The number of rotatable bonds is 2. The van der Waals surface area contributed by atoms with E-state index in [0.29, 0.717) is 22.0 Å². The lowest BCUT2D eigenvalue weighted by atomic mass is 9.87. The van der Waals surface area contributed by atoms with Gasteiger partial charge in [-0.3, -0.25) is 9.69 Å². The highest BCUT2D eigenvalue weighted by Gasteiger charge is 2.49. The van der Waals surface area contributed by atoms with Crippen molar-refractivity contribution in [3.63, 3.8) is 0 Å². The molecule has 3 amide bonds. The van der Waals surface area contributed by atoms with E-state index in [4.69, 9.17) is 23.2 Å². The minimum atomic E-state index is -1.04. The monoisotopic (exact) mass is 286 g/mol. The highest BCUT2D eigenvalue weighted by atomic mass is 35.5. The number of nitrogens with zero attached hydrogens (tertiary/aromatic N) is 1. The SMILES string of the molecule is CCC1(c2ccc(Cl)c(Cl)c2)NC(=O)N(C)C1=O. The van der Waals surface area contributed by atoms with Crippen LogP contribution in [0.15, 0.2) is 18.2 Å². The molecule has 0 aromatic heterocycles. The number of nitrogens with one attached hydrogen (secondary N) is 1. The minimum Gasteiger partial charge on any atom is -0.319 e. The normalized spacial score (nSPS) is 23.4. The van der Waals surface area contributed by atoms with Crippen LogP contribution in [0.1, 0.15) is 18.9 Å². The fourth-order valence-electron chi connectivity index (χ4n) is 2.10. The Labute approximate surface area is 115 Å². The fraction of sp³-hybridized carbons (Fsp3) is 0.333. The molecule has 96 valence electrons. The zero-order valence-corrected chi connectivity index (χ0v) is 11.5. The molecule has 0 bridgehead atoms. The van der Waals surface area contributed by atoms with Gasteiger partial charge in [-0.15, -0.1) is 0 Å². The number of amides is 3. The van der Waals surface area contributed by atoms with Gasteiger partial charge < -0.3 is 5.32 Å². The van der Waals surface area contributed by atoms with E-state index in [-0.39, 0.29) is 5.91 Å². The Balaban J connectivity index is 2.54. The Hall–Kier alpha value is -1.26. The summed E-state index contributed by atoms with van der Waals surface area (Å²) < 4.78 is 0. The number of urea groups is 1. The van der Waals surface area contributed by atoms with Crippen molar-refractivity contribution < 1.29 is 9.59 Å². The van der Waals surface area contributed by atoms with Crippen molar-refractivity contribution in [2.45, 2.75) is 18.9 Å². The molecule has 0 spiro atoms. The van der Waals surface area contributed by atoms with Gasteiger partial charge in [-0.1, -0.05) is 36.2 Å². The van der Waals surface area contributed by atoms with Gasteiger partial charge in [0, 0.05) is 7.05 Å². The van der Waals surface area contributed by atoms with Gasteiger partial charge >= 0.3 is 6.03 Å². The van der Waals surface area contributed by atoms with Crippen molar-refractivity contribution in [2.24, 2.45) is 0 Å². The number of carbonyl (C=O) groups excluding carboxylic acids is 2. The molecule has 1 unspecified atom stereocenters. The number of imide groups is 1. The van der Waals surface area contributed by atoms with E-state index in [0.717, 1.165) is 4.90 Å². The van der Waals surface area contributed by atoms with Gasteiger partial charge in [0.2, 0.25) is 0 Å². The number of carbonyl (C=O) groups is 2. The molecule has 6 heteroatoms. The van der Waals surface area contributed by atoms with Gasteiger partial charge in [0.05, 0.1) is 10.0 Å². The van der Waals surface area contributed by atoms with Crippen molar-refractivity contribution in [1.82, 2.24) is 10.2 Å². The topological polar surface area (TPSA) is 49.4 Å². The van der Waals surface area contributed by atoms with Gasteiger partial charge in [-0.2, -0.15) is 0 Å². The van der Waals surface area contributed by atoms with E-state index in [9.17, 15) is 9.59 Å². The first-order valence-electron chi connectivity index (χ1n) is 5.48. The largest absolute Gasteiger partial charge is 0.325 e. The number of benzene rings is 1. The predicted octanol–water partition coefficient (Wildman–Crippen LogP) is 2.78. The van der Waals surface area contributed by atoms with E-state index in [1.54, 1.807) is 18.2 Å². The Morgan fingerprint density at radius 3 is 2.39 bits per heavy atom. The highest BCUT2D eigenvalue weighted by Crippen LogP contribution is 2.34. The molecule has 0 aliphatic carbocycles. The summed E-state index contributed by atoms with van der Waals surface area (Å²) in [5, 5.41) is 3.49. The first kappa shape index (κ1) is 13.2. The van der Waals surface area contributed by atoms with Crippen LogP contribution >= 0.6 is 23.2 Å².